The second-order valence-corrected chi connectivity index (χ2v) is 3.92. The Morgan fingerprint density at radius 1 is 1.16 bits per heavy atom. The van der Waals surface area contributed by atoms with Crippen LogP contribution in [0.15, 0.2) is 30.6 Å². The summed E-state index contributed by atoms with van der Waals surface area (Å²) >= 11 is 0. The molecule has 2 rings (SSSR count). The second-order valence-electron chi connectivity index (χ2n) is 3.92. The quantitative estimate of drug-likeness (QED) is 0.641. The van der Waals surface area contributed by atoms with E-state index in [4.69, 9.17) is 9.84 Å². The van der Waals surface area contributed by atoms with E-state index in [2.05, 4.69) is 9.97 Å². The minimum Gasteiger partial charge on any atom is -0.481 e. The number of benzene rings is 1. The predicted molar refractivity (Wildman–Crippen MR) is 66.5 cm³/mol. The molecule has 6 nitrogen and oxygen atoms in total. The number of carboxylic acid groups (broad SMARTS) is 1. The molecule has 0 aliphatic heterocycles. The Hall–Kier alpha value is -2.50. The average Bonchev–Trinajstić information content (AvgIpc) is 2.37. The largest absolute Gasteiger partial charge is 0.481 e. The molecule has 0 unspecified atom stereocenters. The Bertz CT molecular complexity index is 612. The molecule has 0 spiro atoms. The van der Waals surface area contributed by atoms with E-state index in [1.54, 1.807) is 12.4 Å². The van der Waals surface area contributed by atoms with Crippen molar-refractivity contribution in [2.24, 2.45) is 0 Å². The Balaban J connectivity index is 1.91. The summed E-state index contributed by atoms with van der Waals surface area (Å²) in [6, 6.07) is 5.59. The number of hydrogen-bond donors (Lipinski definition) is 1. The third kappa shape index (κ3) is 3.74. The molecular formula is C13H12N2O4. The average molecular weight is 260 g/mol. The van der Waals surface area contributed by atoms with Gasteiger partial charge in [-0.05, 0) is 17.7 Å². The maximum Gasteiger partial charge on any atom is 0.317 e. The zero-order valence-electron chi connectivity index (χ0n) is 10.1. The van der Waals surface area contributed by atoms with Crippen LogP contribution in [0.1, 0.15) is 12.0 Å². The number of esters is 1. The highest BCUT2D eigenvalue weighted by molar-refractivity contribution is 5.90. The van der Waals surface area contributed by atoms with Crippen LogP contribution in [0.3, 0.4) is 0 Å². The Morgan fingerprint density at radius 2 is 1.89 bits per heavy atom. The molecule has 0 aliphatic rings. The molecule has 2 aromatic rings. The first kappa shape index (κ1) is 12.9. The van der Waals surface area contributed by atoms with Crippen LogP contribution in [0.4, 0.5) is 0 Å². The molecule has 1 heterocycles. The van der Waals surface area contributed by atoms with Crippen LogP contribution in [0, 0.1) is 0 Å². The fourth-order valence-corrected chi connectivity index (χ4v) is 1.62. The van der Waals surface area contributed by atoms with E-state index < -0.39 is 18.4 Å². The maximum atomic E-state index is 11.0. The van der Waals surface area contributed by atoms with E-state index in [0.717, 1.165) is 16.6 Å². The van der Waals surface area contributed by atoms with Crippen LogP contribution < -0.4 is 0 Å². The summed E-state index contributed by atoms with van der Waals surface area (Å²) in [5.74, 6) is -1.92. The van der Waals surface area contributed by atoms with E-state index in [0.29, 0.717) is 6.42 Å². The number of nitrogens with zero attached hydrogens (tertiary/aromatic N) is 2. The standard InChI is InChI=1S/C13H12N2O4/c16-12(17)8-13(18)19-6-3-9-1-2-10-11(7-9)15-5-4-14-10/h1-2,4-5,7H,3,6,8H2,(H,16,17). The first-order chi connectivity index (χ1) is 9.15. The molecule has 0 aliphatic carbocycles. The van der Waals surface area contributed by atoms with Gasteiger partial charge in [0.25, 0.3) is 0 Å². The molecule has 0 amide bonds. The summed E-state index contributed by atoms with van der Waals surface area (Å²) in [6.45, 7) is 0.151. The molecule has 0 saturated heterocycles. The van der Waals surface area contributed by atoms with Gasteiger partial charge in [0.2, 0.25) is 0 Å². The van der Waals surface area contributed by atoms with Crippen LogP contribution in [0.5, 0.6) is 0 Å². The van der Waals surface area contributed by atoms with Crippen LogP contribution in [0.25, 0.3) is 11.0 Å². The lowest BCUT2D eigenvalue weighted by atomic mass is 10.1. The number of hydrogen-bond acceptors (Lipinski definition) is 5. The van der Waals surface area contributed by atoms with E-state index in [1.807, 2.05) is 18.2 Å². The molecule has 0 saturated carbocycles. The fourth-order valence-electron chi connectivity index (χ4n) is 1.62. The highest BCUT2D eigenvalue weighted by Gasteiger charge is 2.08. The van der Waals surface area contributed by atoms with Crippen molar-refractivity contribution in [1.82, 2.24) is 9.97 Å². The van der Waals surface area contributed by atoms with Crippen LogP contribution in [-0.2, 0) is 20.7 Å². The highest BCUT2D eigenvalue weighted by atomic mass is 16.5. The van der Waals surface area contributed by atoms with E-state index in [9.17, 15) is 9.59 Å². The van der Waals surface area contributed by atoms with Crippen molar-refractivity contribution in [2.75, 3.05) is 6.61 Å². The number of fused-ring (bicyclic) bond motifs is 1. The van der Waals surface area contributed by atoms with E-state index in [1.165, 1.54) is 0 Å². The van der Waals surface area contributed by atoms with Gasteiger partial charge in [-0.15, -0.1) is 0 Å². The van der Waals surface area contributed by atoms with Crippen molar-refractivity contribution < 1.29 is 19.4 Å². The number of ether oxygens (including phenoxy) is 1. The number of carbonyl (C=O) groups excluding carboxylic acids is 1. The zero-order chi connectivity index (χ0) is 13.7. The SMILES string of the molecule is O=C(O)CC(=O)OCCc1ccc2nccnc2c1. The minimum absolute atomic E-state index is 0.151. The summed E-state index contributed by atoms with van der Waals surface area (Å²) in [7, 11) is 0. The number of rotatable bonds is 5. The van der Waals surface area contributed by atoms with Crippen LogP contribution in [0.2, 0.25) is 0 Å². The first-order valence-electron chi connectivity index (χ1n) is 5.72. The summed E-state index contributed by atoms with van der Waals surface area (Å²) in [5, 5.41) is 8.40. The van der Waals surface area contributed by atoms with Crippen molar-refractivity contribution >= 4 is 23.0 Å². The van der Waals surface area contributed by atoms with Gasteiger partial charge in [-0.1, -0.05) is 6.07 Å². The molecule has 1 N–H and O–H groups in total. The third-order valence-electron chi connectivity index (χ3n) is 2.48. The Morgan fingerprint density at radius 3 is 2.63 bits per heavy atom. The smallest absolute Gasteiger partial charge is 0.317 e. The van der Waals surface area contributed by atoms with Crippen molar-refractivity contribution in [1.29, 1.82) is 0 Å². The number of carboxylic acids is 1. The Labute approximate surface area is 109 Å². The molecular weight excluding hydrogens is 248 g/mol. The van der Waals surface area contributed by atoms with Crippen molar-refractivity contribution in [2.45, 2.75) is 12.8 Å². The Kier molecular flexibility index (Phi) is 4.02. The van der Waals surface area contributed by atoms with Gasteiger partial charge in [0, 0.05) is 18.8 Å². The first-order valence-corrected chi connectivity index (χ1v) is 5.72. The third-order valence-corrected chi connectivity index (χ3v) is 2.48. The van der Waals surface area contributed by atoms with Crippen molar-refractivity contribution in [3.63, 3.8) is 0 Å². The molecule has 1 aromatic heterocycles. The van der Waals surface area contributed by atoms with Crippen molar-refractivity contribution in [3.8, 4) is 0 Å². The van der Waals surface area contributed by atoms with Gasteiger partial charge in [0.15, 0.2) is 0 Å². The summed E-state index contributed by atoms with van der Waals surface area (Å²) in [4.78, 5) is 29.6. The second kappa shape index (κ2) is 5.90. The lowest BCUT2D eigenvalue weighted by molar-refractivity contribution is -0.151. The van der Waals surface area contributed by atoms with Gasteiger partial charge in [-0.3, -0.25) is 19.6 Å². The highest BCUT2D eigenvalue weighted by Crippen LogP contribution is 2.11. The molecule has 0 atom stereocenters. The summed E-state index contributed by atoms with van der Waals surface area (Å²) < 4.78 is 4.81. The fraction of sp³-hybridized carbons (Fsp3) is 0.231. The summed E-state index contributed by atoms with van der Waals surface area (Å²) in [6.07, 6.45) is 3.13. The summed E-state index contributed by atoms with van der Waals surface area (Å²) in [5.41, 5.74) is 2.53. The van der Waals surface area contributed by atoms with Gasteiger partial charge in [-0.2, -0.15) is 0 Å². The molecule has 98 valence electrons. The topological polar surface area (TPSA) is 89.4 Å². The van der Waals surface area contributed by atoms with E-state index in [-0.39, 0.29) is 6.61 Å². The lowest BCUT2D eigenvalue weighted by Crippen LogP contribution is -2.12. The molecule has 0 radical (unpaired) electrons. The lowest BCUT2D eigenvalue weighted by Gasteiger charge is -2.04. The van der Waals surface area contributed by atoms with Gasteiger partial charge < -0.3 is 9.84 Å². The minimum atomic E-state index is -1.19. The monoisotopic (exact) mass is 260 g/mol. The number of aromatic nitrogens is 2. The zero-order valence-corrected chi connectivity index (χ0v) is 10.1. The number of aliphatic carboxylic acids is 1. The van der Waals surface area contributed by atoms with Crippen LogP contribution in [-0.4, -0.2) is 33.6 Å². The molecule has 6 heteroatoms. The van der Waals surface area contributed by atoms with Crippen LogP contribution >= 0.6 is 0 Å². The predicted octanol–water partition coefficient (Wildman–Crippen LogP) is 1.19. The van der Waals surface area contributed by atoms with E-state index >= 15 is 0 Å². The number of carbonyl (C=O) groups is 2. The molecule has 0 bridgehead atoms. The molecule has 1 aromatic carbocycles. The van der Waals surface area contributed by atoms with Gasteiger partial charge in [0.1, 0.15) is 6.42 Å². The molecule has 19 heavy (non-hydrogen) atoms. The van der Waals surface area contributed by atoms with Gasteiger partial charge >= 0.3 is 11.9 Å². The normalized spacial score (nSPS) is 10.3. The van der Waals surface area contributed by atoms with Gasteiger partial charge in [0.05, 0.1) is 17.6 Å². The van der Waals surface area contributed by atoms with Gasteiger partial charge in [-0.25, -0.2) is 0 Å². The van der Waals surface area contributed by atoms with Crippen molar-refractivity contribution in [3.05, 3.63) is 36.2 Å². The molecule has 0 fully saturated rings. The maximum absolute atomic E-state index is 11.0.